The van der Waals surface area contributed by atoms with Crippen molar-refractivity contribution in [2.24, 2.45) is 11.3 Å². The molecule has 0 saturated carbocycles. The van der Waals surface area contributed by atoms with Gasteiger partial charge in [0, 0.05) is 53.6 Å². The van der Waals surface area contributed by atoms with Crippen LogP contribution in [-0.4, -0.2) is 52.6 Å². The second kappa shape index (κ2) is 12.4. The Hall–Kier alpha value is -3.68. The average Bonchev–Trinajstić information content (AvgIpc) is 3.13. The van der Waals surface area contributed by atoms with Gasteiger partial charge in [0.15, 0.2) is 11.8 Å². The minimum absolute atomic E-state index is 0.176. The fourth-order valence-electron chi connectivity index (χ4n) is 7.36. The summed E-state index contributed by atoms with van der Waals surface area (Å²) in [5, 5.41) is 19.8. The lowest BCUT2D eigenvalue weighted by Gasteiger charge is -2.42. The number of Topliss-reactive ketones (excluding diaryl/α,β-unsaturated/α-hetero) is 1. The molecule has 1 heterocycles. The lowest BCUT2D eigenvalue weighted by molar-refractivity contribution is -0.593. The van der Waals surface area contributed by atoms with Crippen LogP contribution in [0.15, 0.2) is 46.9 Å². The van der Waals surface area contributed by atoms with Crippen LogP contribution < -0.4 is 20.6 Å². The number of allylic oxidation sites excluding steroid dienone is 3. The van der Waals surface area contributed by atoms with Gasteiger partial charge in [0.25, 0.3) is 0 Å². The fourth-order valence-corrected chi connectivity index (χ4v) is 7.36. The summed E-state index contributed by atoms with van der Waals surface area (Å²) in [5.41, 5.74) is 5.60. The zero-order chi connectivity index (χ0) is 32.8. The summed E-state index contributed by atoms with van der Waals surface area (Å²) in [6, 6.07) is 4.73. The Morgan fingerprint density at radius 2 is 1.82 bits per heavy atom. The Morgan fingerprint density at radius 1 is 1.16 bits per heavy atom. The molecule has 1 aromatic rings. The van der Waals surface area contributed by atoms with Gasteiger partial charge in [0.1, 0.15) is 6.04 Å². The summed E-state index contributed by atoms with van der Waals surface area (Å²) < 4.78 is 2.34. The van der Waals surface area contributed by atoms with Gasteiger partial charge in [-0.2, -0.15) is 0 Å². The first-order valence-corrected chi connectivity index (χ1v) is 16.1. The number of nitrogens with zero attached hydrogens (tertiary/aromatic N) is 2. The van der Waals surface area contributed by atoms with Crippen LogP contribution in [0.2, 0.25) is 0 Å². The molecule has 2 N–H and O–H groups in total. The van der Waals surface area contributed by atoms with Crippen molar-refractivity contribution in [3.63, 3.8) is 0 Å². The van der Waals surface area contributed by atoms with E-state index in [-0.39, 0.29) is 52.6 Å². The number of benzene rings is 1. The van der Waals surface area contributed by atoms with Crippen molar-refractivity contribution < 1.29 is 24.1 Å². The molecule has 2 aliphatic carbocycles. The van der Waals surface area contributed by atoms with Crippen LogP contribution in [0, 0.1) is 11.3 Å². The number of rotatable bonds is 11. The van der Waals surface area contributed by atoms with Crippen LogP contribution >= 0.6 is 0 Å². The highest BCUT2D eigenvalue weighted by Gasteiger charge is 2.52. The van der Waals surface area contributed by atoms with E-state index in [4.69, 9.17) is 0 Å². The molecule has 2 amide bonds. The Labute approximate surface area is 263 Å². The van der Waals surface area contributed by atoms with E-state index in [0.29, 0.717) is 29.8 Å². The van der Waals surface area contributed by atoms with Crippen LogP contribution in [0.25, 0.3) is 0 Å². The van der Waals surface area contributed by atoms with Gasteiger partial charge in [0.05, 0.1) is 11.3 Å². The summed E-state index contributed by atoms with van der Waals surface area (Å²) in [5.74, 6) is -2.46. The third kappa shape index (κ3) is 5.41. The molecule has 0 bridgehead atoms. The third-order valence-corrected chi connectivity index (χ3v) is 9.97. The van der Waals surface area contributed by atoms with E-state index in [1.54, 1.807) is 0 Å². The van der Waals surface area contributed by atoms with Gasteiger partial charge in [-0.15, -0.1) is 5.76 Å². The molecule has 8 heteroatoms. The normalized spacial score (nSPS) is 23.3. The molecule has 44 heavy (non-hydrogen) atoms. The standard InChI is InChI=1S/C36H50N4O4/c1-12-21(7)39(19(3)4)30-16-28(37-18-41)25(14-24(30)13-2)32-34(43)33(35(32)44)26-15-27-31(17-29(26)38-23(9)42)40(20(5)6)22(8)36(27,10)11/h14-22,26,32H,12-13H2,1-11H3,(H2,37,41,43,44). The maximum atomic E-state index is 14.1. The molecule has 0 fully saturated rings. The molecule has 0 aromatic heterocycles. The number of aryl methyl sites for hydroxylation is 1. The summed E-state index contributed by atoms with van der Waals surface area (Å²) >= 11 is 0. The van der Waals surface area contributed by atoms with E-state index in [0.717, 1.165) is 29.0 Å². The van der Waals surface area contributed by atoms with Crippen molar-refractivity contribution >= 4 is 35.2 Å². The monoisotopic (exact) mass is 602 g/mol. The number of nitrogens with one attached hydrogen (secondary N) is 2. The Bertz CT molecular complexity index is 1490. The number of hydrogen-bond acceptors (Lipinski definition) is 5. The number of hydrogen-bond donors (Lipinski definition) is 2. The number of carbonyl (C=O) groups excluding carboxylic acids is 3. The van der Waals surface area contributed by atoms with Gasteiger partial charge < -0.3 is 20.6 Å². The zero-order valence-corrected chi connectivity index (χ0v) is 28.3. The number of amides is 2. The molecule has 4 rings (SSSR count). The second-order valence-electron chi connectivity index (χ2n) is 13.6. The van der Waals surface area contributed by atoms with Crippen molar-refractivity contribution in [2.75, 3.05) is 10.2 Å². The topological polar surface area (TPSA) is 105 Å². The zero-order valence-electron chi connectivity index (χ0n) is 28.3. The van der Waals surface area contributed by atoms with Crippen LogP contribution in [0.5, 0.6) is 0 Å². The van der Waals surface area contributed by atoms with Gasteiger partial charge in [0.2, 0.25) is 18.0 Å². The third-order valence-electron chi connectivity index (χ3n) is 9.97. The van der Waals surface area contributed by atoms with Crippen LogP contribution in [0.3, 0.4) is 0 Å². The molecule has 4 unspecified atom stereocenters. The molecule has 0 spiro atoms. The van der Waals surface area contributed by atoms with Gasteiger partial charge in [-0.3, -0.25) is 14.4 Å². The molecule has 0 saturated heterocycles. The van der Waals surface area contributed by atoms with E-state index in [9.17, 15) is 19.5 Å². The molecular weight excluding hydrogens is 552 g/mol. The van der Waals surface area contributed by atoms with E-state index in [2.05, 4.69) is 89.3 Å². The molecule has 8 nitrogen and oxygen atoms in total. The second-order valence-corrected chi connectivity index (χ2v) is 13.6. The van der Waals surface area contributed by atoms with Crippen LogP contribution in [0.4, 0.5) is 11.4 Å². The van der Waals surface area contributed by atoms with E-state index < -0.39 is 11.8 Å². The van der Waals surface area contributed by atoms with E-state index >= 15 is 0 Å². The van der Waals surface area contributed by atoms with Gasteiger partial charge >= 0.3 is 0 Å². The number of anilines is 2. The van der Waals surface area contributed by atoms with Crippen LogP contribution in [-0.2, 0) is 20.8 Å². The van der Waals surface area contributed by atoms with E-state index in [1.165, 1.54) is 6.92 Å². The predicted molar refractivity (Wildman–Crippen MR) is 175 cm³/mol. The van der Waals surface area contributed by atoms with Crippen molar-refractivity contribution in [1.82, 2.24) is 5.32 Å². The number of carbonyl (C=O) groups is 3. The maximum Gasteiger partial charge on any atom is 0.221 e. The van der Waals surface area contributed by atoms with Crippen molar-refractivity contribution in [1.29, 1.82) is 0 Å². The highest BCUT2D eigenvalue weighted by molar-refractivity contribution is 6.14. The first-order valence-electron chi connectivity index (χ1n) is 16.1. The van der Waals surface area contributed by atoms with Crippen LogP contribution in [0.1, 0.15) is 99.6 Å². The Kier molecular flexibility index (Phi) is 9.34. The number of ketones is 1. The largest absolute Gasteiger partial charge is 0.874 e. The molecule has 3 aliphatic rings. The predicted octanol–water partition coefficient (Wildman–Crippen LogP) is 4.98. The molecular formula is C36H50N4O4. The molecule has 0 radical (unpaired) electrons. The maximum absolute atomic E-state index is 14.1. The van der Waals surface area contributed by atoms with Gasteiger partial charge in [-0.1, -0.05) is 26.0 Å². The summed E-state index contributed by atoms with van der Waals surface area (Å²) in [7, 11) is 0. The van der Waals surface area contributed by atoms with Crippen molar-refractivity contribution in [2.45, 2.75) is 119 Å². The SMILES string of the molecule is CCc1cc(C2C(=O)C(C3C=C4C(=[N+](C(C)C)C(C)C4(C)C)C=C3NC(C)=O)=C2[O-])c(NC=O)cc1N(C(C)C)C(C)CC. The average molecular weight is 603 g/mol. The molecule has 238 valence electrons. The lowest BCUT2D eigenvalue weighted by Crippen LogP contribution is -2.43. The first kappa shape index (κ1) is 33.2. The summed E-state index contributed by atoms with van der Waals surface area (Å²) in [4.78, 5) is 40.4. The molecule has 1 aliphatic heterocycles. The van der Waals surface area contributed by atoms with E-state index in [1.807, 2.05) is 24.3 Å². The Balaban J connectivity index is 1.86. The van der Waals surface area contributed by atoms with Crippen molar-refractivity contribution in [3.8, 4) is 0 Å². The summed E-state index contributed by atoms with van der Waals surface area (Å²) in [6.07, 6.45) is 6.21. The summed E-state index contributed by atoms with van der Waals surface area (Å²) in [6.45, 7) is 22.9. The molecule has 1 aromatic carbocycles. The van der Waals surface area contributed by atoms with Crippen molar-refractivity contribution in [3.05, 3.63) is 58.0 Å². The Morgan fingerprint density at radius 3 is 2.32 bits per heavy atom. The lowest BCUT2D eigenvalue weighted by atomic mass is 9.67. The minimum Gasteiger partial charge on any atom is -0.874 e. The van der Waals surface area contributed by atoms with Gasteiger partial charge in [-0.25, -0.2) is 4.58 Å². The van der Waals surface area contributed by atoms with Gasteiger partial charge in [-0.05, 0) is 91.0 Å². The smallest absolute Gasteiger partial charge is 0.221 e. The quantitative estimate of drug-likeness (QED) is 0.275. The highest BCUT2D eigenvalue weighted by Crippen LogP contribution is 2.49. The number of fused-ring (bicyclic) bond motifs is 1. The first-order chi connectivity index (χ1) is 20.6. The minimum atomic E-state index is -1.01. The molecule has 4 atom stereocenters. The highest BCUT2D eigenvalue weighted by atomic mass is 16.3. The fraction of sp³-hybridized carbons (Fsp3) is 0.556.